The van der Waals surface area contributed by atoms with Crippen LogP contribution in [-0.2, 0) is 0 Å². The summed E-state index contributed by atoms with van der Waals surface area (Å²) in [5, 5.41) is 3.49. The van der Waals surface area contributed by atoms with Crippen molar-refractivity contribution in [2.24, 2.45) is 5.92 Å². The van der Waals surface area contributed by atoms with Gasteiger partial charge in [-0.25, -0.2) is 9.97 Å². The van der Waals surface area contributed by atoms with Crippen molar-refractivity contribution >= 4 is 28.4 Å². The highest BCUT2D eigenvalue weighted by molar-refractivity contribution is 14.1. The predicted molar refractivity (Wildman–Crippen MR) is 90.9 cm³/mol. The molecule has 0 aliphatic carbocycles. The zero-order valence-corrected chi connectivity index (χ0v) is 14.7. The van der Waals surface area contributed by atoms with Crippen molar-refractivity contribution in [3.05, 3.63) is 16.1 Å². The largest absolute Gasteiger partial charge is 0.368 e. The van der Waals surface area contributed by atoms with Crippen molar-refractivity contribution in [1.82, 2.24) is 19.8 Å². The number of aromatic nitrogens is 2. The van der Waals surface area contributed by atoms with E-state index in [2.05, 4.69) is 68.6 Å². The first-order chi connectivity index (χ1) is 9.58. The highest BCUT2D eigenvalue weighted by Crippen LogP contribution is 2.17. The van der Waals surface area contributed by atoms with E-state index in [1.54, 1.807) is 6.33 Å². The van der Waals surface area contributed by atoms with Gasteiger partial charge in [-0.05, 0) is 35.6 Å². The van der Waals surface area contributed by atoms with Crippen LogP contribution in [0, 0.1) is 9.49 Å². The van der Waals surface area contributed by atoms with Crippen molar-refractivity contribution in [1.29, 1.82) is 0 Å². The van der Waals surface area contributed by atoms with Gasteiger partial charge >= 0.3 is 0 Å². The molecule has 1 atom stereocenters. The Morgan fingerprint density at radius 2 is 2.00 bits per heavy atom. The number of hydrogen-bond acceptors (Lipinski definition) is 5. The van der Waals surface area contributed by atoms with Gasteiger partial charge < -0.3 is 10.2 Å². The van der Waals surface area contributed by atoms with Crippen molar-refractivity contribution in [2.75, 3.05) is 45.1 Å². The average Bonchev–Trinajstić information content (AvgIpc) is 2.42. The Bertz CT molecular complexity index is 418. The second-order valence-electron chi connectivity index (χ2n) is 5.75. The molecule has 1 unspecified atom stereocenters. The predicted octanol–water partition coefficient (Wildman–Crippen LogP) is 1.77. The molecule has 1 aromatic rings. The van der Waals surface area contributed by atoms with E-state index in [0.717, 1.165) is 42.1 Å². The maximum atomic E-state index is 4.31. The zero-order chi connectivity index (χ0) is 14.5. The molecule has 0 radical (unpaired) electrons. The quantitative estimate of drug-likeness (QED) is 0.778. The molecule has 0 saturated carbocycles. The van der Waals surface area contributed by atoms with Gasteiger partial charge in [0.2, 0.25) is 0 Å². The summed E-state index contributed by atoms with van der Waals surface area (Å²) in [5.41, 5.74) is 0. The smallest absolute Gasteiger partial charge is 0.142 e. The minimum Gasteiger partial charge on any atom is -0.368 e. The minimum absolute atomic E-state index is 0.550. The molecule has 112 valence electrons. The lowest BCUT2D eigenvalue weighted by atomic mass is 10.0. The van der Waals surface area contributed by atoms with Gasteiger partial charge in [0.15, 0.2) is 0 Å². The lowest BCUT2D eigenvalue weighted by Crippen LogP contribution is -2.52. The van der Waals surface area contributed by atoms with Gasteiger partial charge in [-0.2, -0.15) is 0 Å². The van der Waals surface area contributed by atoms with E-state index in [1.165, 1.54) is 0 Å². The van der Waals surface area contributed by atoms with Gasteiger partial charge in [-0.15, -0.1) is 0 Å². The van der Waals surface area contributed by atoms with E-state index in [4.69, 9.17) is 0 Å². The van der Waals surface area contributed by atoms with Gasteiger partial charge in [0.1, 0.15) is 12.1 Å². The summed E-state index contributed by atoms with van der Waals surface area (Å²) in [6.07, 6.45) is 3.45. The van der Waals surface area contributed by atoms with Crippen LogP contribution in [0.25, 0.3) is 0 Å². The molecule has 2 heterocycles. The summed E-state index contributed by atoms with van der Waals surface area (Å²) < 4.78 is 1.07. The number of nitrogens with zero attached hydrogens (tertiary/aromatic N) is 4. The molecule has 1 aromatic heterocycles. The Morgan fingerprint density at radius 1 is 1.30 bits per heavy atom. The van der Waals surface area contributed by atoms with Gasteiger partial charge in [0.05, 0.1) is 3.57 Å². The molecule has 0 aromatic carbocycles. The molecule has 1 fully saturated rings. The number of piperazine rings is 1. The highest BCUT2D eigenvalue weighted by Gasteiger charge is 2.24. The zero-order valence-electron chi connectivity index (χ0n) is 12.5. The molecule has 0 amide bonds. The molecule has 5 nitrogen and oxygen atoms in total. The molecule has 20 heavy (non-hydrogen) atoms. The highest BCUT2D eigenvalue weighted by atomic mass is 127. The van der Waals surface area contributed by atoms with Crippen LogP contribution < -0.4 is 5.32 Å². The van der Waals surface area contributed by atoms with E-state index in [1.807, 2.05) is 6.20 Å². The van der Waals surface area contributed by atoms with Crippen molar-refractivity contribution in [2.45, 2.75) is 19.9 Å². The number of anilines is 1. The molecule has 1 aliphatic rings. The number of likely N-dealkylation sites (N-methyl/N-ethyl adjacent to an activating group) is 1. The summed E-state index contributed by atoms with van der Waals surface area (Å²) in [6, 6.07) is 0.550. The molecule has 0 spiro atoms. The first kappa shape index (κ1) is 15.9. The van der Waals surface area contributed by atoms with Crippen LogP contribution in [0.2, 0.25) is 0 Å². The maximum absolute atomic E-state index is 4.31. The van der Waals surface area contributed by atoms with Crippen LogP contribution in [0.5, 0.6) is 0 Å². The second kappa shape index (κ2) is 7.51. The third-order valence-corrected chi connectivity index (χ3v) is 4.71. The minimum atomic E-state index is 0.550. The third kappa shape index (κ3) is 4.26. The fraction of sp³-hybridized carbons (Fsp3) is 0.714. The number of halogens is 1. The summed E-state index contributed by atoms with van der Waals surface area (Å²) in [6.45, 7) is 10.2. The monoisotopic (exact) mass is 389 g/mol. The first-order valence-corrected chi connectivity index (χ1v) is 8.27. The second-order valence-corrected chi connectivity index (χ2v) is 6.91. The molecule has 1 saturated heterocycles. The fourth-order valence-electron chi connectivity index (χ4n) is 2.58. The van der Waals surface area contributed by atoms with Gasteiger partial charge in [-0.3, -0.25) is 4.90 Å². The van der Waals surface area contributed by atoms with Gasteiger partial charge in [0, 0.05) is 45.0 Å². The molecular weight excluding hydrogens is 365 g/mol. The van der Waals surface area contributed by atoms with Gasteiger partial charge in [0.25, 0.3) is 0 Å². The Kier molecular flexibility index (Phi) is 5.98. The molecule has 6 heteroatoms. The lowest BCUT2D eigenvalue weighted by Gasteiger charge is -2.40. The lowest BCUT2D eigenvalue weighted by molar-refractivity contribution is 0.0944. The van der Waals surface area contributed by atoms with Crippen molar-refractivity contribution in [3.63, 3.8) is 0 Å². The standard InChI is InChI=1S/C14H24IN5/c1-11(2)13(20-6-4-19(3)5-7-20)9-17-14-12(15)8-16-10-18-14/h8,10-11,13H,4-7,9H2,1-3H3,(H,16,17,18). The van der Waals surface area contributed by atoms with E-state index in [-0.39, 0.29) is 0 Å². The first-order valence-electron chi connectivity index (χ1n) is 7.20. The molecule has 1 N–H and O–H groups in total. The summed E-state index contributed by atoms with van der Waals surface area (Å²) in [4.78, 5) is 13.3. The molecule has 0 bridgehead atoms. The maximum Gasteiger partial charge on any atom is 0.142 e. The number of hydrogen-bond donors (Lipinski definition) is 1. The van der Waals surface area contributed by atoms with E-state index >= 15 is 0 Å². The Morgan fingerprint density at radius 3 is 2.60 bits per heavy atom. The Hall–Kier alpha value is -0.470. The van der Waals surface area contributed by atoms with E-state index < -0.39 is 0 Å². The summed E-state index contributed by atoms with van der Waals surface area (Å²) >= 11 is 2.27. The van der Waals surface area contributed by atoms with Crippen molar-refractivity contribution in [3.8, 4) is 0 Å². The van der Waals surface area contributed by atoms with Crippen LogP contribution in [0.1, 0.15) is 13.8 Å². The topological polar surface area (TPSA) is 44.3 Å². The average molecular weight is 389 g/mol. The molecule has 1 aliphatic heterocycles. The van der Waals surface area contributed by atoms with Crippen LogP contribution in [0.3, 0.4) is 0 Å². The van der Waals surface area contributed by atoms with Crippen LogP contribution in [0.15, 0.2) is 12.5 Å². The van der Waals surface area contributed by atoms with E-state index in [0.29, 0.717) is 12.0 Å². The van der Waals surface area contributed by atoms with Crippen LogP contribution in [0.4, 0.5) is 5.82 Å². The number of rotatable bonds is 5. The van der Waals surface area contributed by atoms with Gasteiger partial charge in [-0.1, -0.05) is 13.8 Å². The molecule has 2 rings (SSSR count). The Balaban J connectivity index is 1.94. The Labute approximate surface area is 135 Å². The summed E-state index contributed by atoms with van der Waals surface area (Å²) in [7, 11) is 2.20. The van der Waals surface area contributed by atoms with Crippen LogP contribution in [-0.4, -0.2) is 65.6 Å². The number of nitrogens with one attached hydrogen (secondary N) is 1. The van der Waals surface area contributed by atoms with Crippen molar-refractivity contribution < 1.29 is 0 Å². The van der Waals surface area contributed by atoms with E-state index in [9.17, 15) is 0 Å². The molecular formula is C14H24IN5. The third-order valence-electron chi connectivity index (χ3n) is 3.92. The van der Waals surface area contributed by atoms with Crippen LogP contribution >= 0.6 is 22.6 Å². The SMILES string of the molecule is CC(C)C(CNc1ncncc1I)N1CCN(C)CC1. The fourth-order valence-corrected chi connectivity index (χ4v) is 3.07. The summed E-state index contributed by atoms with van der Waals surface area (Å²) in [5.74, 6) is 1.57. The normalized spacial score (nSPS) is 19.2.